The normalized spacial score (nSPS) is 22.1. The lowest BCUT2D eigenvalue weighted by atomic mass is 9.57. The minimum absolute atomic E-state index is 0.0917. The van der Waals surface area contributed by atoms with Crippen LogP contribution in [0.15, 0.2) is 27.1 Å². The Morgan fingerprint density at radius 2 is 2.12 bits per heavy atom. The molecule has 0 unspecified atom stereocenters. The van der Waals surface area contributed by atoms with Gasteiger partial charge in [0.05, 0.1) is 18.8 Å². The molecule has 0 aromatic carbocycles. The molecule has 2 aromatic rings. The Hall–Kier alpha value is -1.63. The number of nitrogens with zero attached hydrogens (tertiary/aromatic N) is 1. The van der Waals surface area contributed by atoms with Gasteiger partial charge in [0, 0.05) is 25.6 Å². The number of rotatable bonds is 9. The van der Waals surface area contributed by atoms with Gasteiger partial charge in [-0.25, -0.2) is 0 Å². The van der Waals surface area contributed by atoms with Gasteiger partial charge in [0.1, 0.15) is 23.9 Å². The standard InChI is InChI=1S/C19H28N2O4/c1-19(2)13(8-14-10-15(6-7-22)25-21-14)9-18(19)20-11-16-4-5-17(24-16)12-23-3/h4-5,10,13,18,20,22H,6-9,11-12H2,1-3H3/t13-,18+/m1/s1. The summed E-state index contributed by atoms with van der Waals surface area (Å²) in [5.41, 5.74) is 1.17. The van der Waals surface area contributed by atoms with Crippen molar-refractivity contribution in [3.05, 3.63) is 41.2 Å². The number of furan rings is 1. The van der Waals surface area contributed by atoms with Gasteiger partial charge < -0.3 is 24.1 Å². The first-order valence-corrected chi connectivity index (χ1v) is 8.88. The largest absolute Gasteiger partial charge is 0.462 e. The molecule has 6 heteroatoms. The van der Waals surface area contributed by atoms with Gasteiger partial charge in [-0.15, -0.1) is 0 Å². The lowest BCUT2D eigenvalue weighted by Crippen LogP contribution is -2.57. The smallest absolute Gasteiger partial charge is 0.139 e. The number of hydrogen-bond acceptors (Lipinski definition) is 6. The molecular formula is C19H28N2O4. The number of aliphatic hydroxyl groups excluding tert-OH is 1. The van der Waals surface area contributed by atoms with Crippen LogP contribution in [-0.2, 0) is 30.7 Å². The van der Waals surface area contributed by atoms with Crippen LogP contribution in [0.25, 0.3) is 0 Å². The third-order valence-electron chi connectivity index (χ3n) is 5.42. The zero-order valence-electron chi connectivity index (χ0n) is 15.2. The van der Waals surface area contributed by atoms with E-state index in [1.807, 2.05) is 18.2 Å². The number of hydrogen-bond donors (Lipinski definition) is 2. The van der Waals surface area contributed by atoms with Crippen LogP contribution in [0.1, 0.15) is 43.2 Å². The van der Waals surface area contributed by atoms with Gasteiger partial charge in [-0.1, -0.05) is 19.0 Å². The first-order valence-electron chi connectivity index (χ1n) is 8.88. The molecule has 0 bridgehead atoms. The first kappa shape index (κ1) is 18.2. The summed E-state index contributed by atoms with van der Waals surface area (Å²) in [7, 11) is 1.67. The molecule has 1 saturated carbocycles. The van der Waals surface area contributed by atoms with Crippen LogP contribution in [0.4, 0.5) is 0 Å². The SMILES string of the molecule is COCc1ccc(CN[C@H]2C[C@@H](Cc3cc(CCO)on3)C2(C)C)o1. The molecule has 6 nitrogen and oxygen atoms in total. The zero-order valence-corrected chi connectivity index (χ0v) is 15.2. The fourth-order valence-electron chi connectivity index (χ4n) is 3.60. The molecule has 1 fully saturated rings. The zero-order chi connectivity index (χ0) is 17.9. The fraction of sp³-hybridized carbons (Fsp3) is 0.632. The number of aromatic nitrogens is 1. The summed E-state index contributed by atoms with van der Waals surface area (Å²) in [5, 5.41) is 16.7. The number of methoxy groups -OCH3 is 1. The highest BCUT2D eigenvalue weighted by Crippen LogP contribution is 2.47. The Labute approximate surface area is 148 Å². The summed E-state index contributed by atoms with van der Waals surface area (Å²) in [6.45, 7) is 5.93. The van der Waals surface area contributed by atoms with Gasteiger partial charge in [-0.2, -0.15) is 0 Å². The Morgan fingerprint density at radius 1 is 1.32 bits per heavy atom. The van der Waals surface area contributed by atoms with Crippen LogP contribution in [-0.4, -0.2) is 30.0 Å². The van der Waals surface area contributed by atoms with E-state index in [2.05, 4.69) is 24.3 Å². The molecule has 0 aliphatic heterocycles. The van der Waals surface area contributed by atoms with E-state index in [-0.39, 0.29) is 12.0 Å². The Bertz CT molecular complexity index is 677. The van der Waals surface area contributed by atoms with Crippen LogP contribution in [0.5, 0.6) is 0 Å². The average Bonchev–Trinajstić information content (AvgIpc) is 3.20. The van der Waals surface area contributed by atoms with Gasteiger partial charge in [-0.05, 0) is 36.3 Å². The van der Waals surface area contributed by atoms with E-state index >= 15 is 0 Å². The molecule has 0 spiro atoms. The van der Waals surface area contributed by atoms with Gasteiger partial charge in [-0.3, -0.25) is 0 Å². The predicted octanol–water partition coefficient (Wildman–Crippen LogP) is 2.70. The lowest BCUT2D eigenvalue weighted by molar-refractivity contribution is 0.0114. The molecule has 1 aliphatic carbocycles. The molecule has 2 N–H and O–H groups in total. The van der Waals surface area contributed by atoms with Gasteiger partial charge in [0.15, 0.2) is 0 Å². The highest BCUT2D eigenvalue weighted by molar-refractivity contribution is 5.12. The van der Waals surface area contributed by atoms with Crippen molar-refractivity contribution < 1.29 is 18.8 Å². The average molecular weight is 348 g/mol. The second kappa shape index (κ2) is 7.72. The third-order valence-corrected chi connectivity index (χ3v) is 5.42. The van der Waals surface area contributed by atoms with Crippen molar-refractivity contribution in [1.82, 2.24) is 10.5 Å². The maximum absolute atomic E-state index is 8.96. The molecular weight excluding hydrogens is 320 g/mol. The summed E-state index contributed by atoms with van der Waals surface area (Å²) < 4.78 is 16.1. The third kappa shape index (κ3) is 4.14. The topological polar surface area (TPSA) is 80.7 Å². The predicted molar refractivity (Wildman–Crippen MR) is 92.9 cm³/mol. The van der Waals surface area contributed by atoms with Crippen molar-refractivity contribution >= 4 is 0 Å². The molecule has 2 aromatic heterocycles. The second-order valence-electron chi connectivity index (χ2n) is 7.45. The Kier molecular flexibility index (Phi) is 5.61. The summed E-state index contributed by atoms with van der Waals surface area (Å²) in [5.74, 6) is 3.12. The molecule has 3 rings (SSSR count). The molecule has 0 amide bonds. The second-order valence-corrected chi connectivity index (χ2v) is 7.45. The quantitative estimate of drug-likeness (QED) is 0.725. The van der Waals surface area contributed by atoms with E-state index < -0.39 is 0 Å². The summed E-state index contributed by atoms with van der Waals surface area (Å²) >= 11 is 0. The monoisotopic (exact) mass is 348 g/mol. The molecule has 138 valence electrons. The van der Waals surface area contributed by atoms with E-state index in [1.165, 1.54) is 0 Å². The van der Waals surface area contributed by atoms with Crippen molar-refractivity contribution in [2.75, 3.05) is 13.7 Å². The molecule has 0 radical (unpaired) electrons. The van der Waals surface area contributed by atoms with Crippen molar-refractivity contribution in [3.8, 4) is 0 Å². The van der Waals surface area contributed by atoms with Crippen LogP contribution < -0.4 is 5.32 Å². The molecule has 2 atom stereocenters. The first-order chi connectivity index (χ1) is 12.0. The van der Waals surface area contributed by atoms with Crippen molar-refractivity contribution in [1.29, 1.82) is 0 Å². The van der Waals surface area contributed by atoms with Crippen molar-refractivity contribution in [3.63, 3.8) is 0 Å². The Morgan fingerprint density at radius 3 is 2.84 bits per heavy atom. The van der Waals surface area contributed by atoms with Crippen molar-refractivity contribution in [2.24, 2.45) is 11.3 Å². The molecule has 2 heterocycles. The van der Waals surface area contributed by atoms with Gasteiger partial charge in [0.2, 0.25) is 0 Å². The van der Waals surface area contributed by atoms with Crippen LogP contribution in [0, 0.1) is 11.3 Å². The van der Waals surface area contributed by atoms with E-state index in [0.717, 1.165) is 42.4 Å². The van der Waals surface area contributed by atoms with E-state index in [9.17, 15) is 0 Å². The lowest BCUT2D eigenvalue weighted by Gasteiger charge is -2.52. The van der Waals surface area contributed by atoms with Gasteiger partial charge >= 0.3 is 0 Å². The van der Waals surface area contributed by atoms with Gasteiger partial charge in [0.25, 0.3) is 0 Å². The summed E-state index contributed by atoms with van der Waals surface area (Å²) in [4.78, 5) is 0. The number of ether oxygens (including phenoxy) is 1. The summed E-state index contributed by atoms with van der Waals surface area (Å²) in [6, 6.07) is 6.39. The molecule has 0 saturated heterocycles. The van der Waals surface area contributed by atoms with E-state index in [0.29, 0.717) is 25.0 Å². The number of aliphatic hydroxyl groups is 1. The van der Waals surface area contributed by atoms with Crippen LogP contribution >= 0.6 is 0 Å². The van der Waals surface area contributed by atoms with E-state index in [4.69, 9.17) is 18.8 Å². The Balaban J connectivity index is 1.48. The summed E-state index contributed by atoms with van der Waals surface area (Å²) in [6.07, 6.45) is 2.55. The van der Waals surface area contributed by atoms with E-state index in [1.54, 1.807) is 7.11 Å². The minimum atomic E-state index is 0.0917. The molecule has 1 aliphatic rings. The van der Waals surface area contributed by atoms with Crippen LogP contribution in [0.3, 0.4) is 0 Å². The maximum atomic E-state index is 8.96. The highest BCUT2D eigenvalue weighted by atomic mass is 16.5. The number of nitrogens with one attached hydrogen (secondary N) is 1. The molecule has 25 heavy (non-hydrogen) atoms. The fourth-order valence-corrected chi connectivity index (χ4v) is 3.60. The minimum Gasteiger partial charge on any atom is -0.462 e. The highest BCUT2D eigenvalue weighted by Gasteiger charge is 2.47. The van der Waals surface area contributed by atoms with Crippen LogP contribution in [0.2, 0.25) is 0 Å². The van der Waals surface area contributed by atoms with Crippen molar-refractivity contribution in [2.45, 2.75) is 52.3 Å². The maximum Gasteiger partial charge on any atom is 0.139 e.